The van der Waals surface area contributed by atoms with Gasteiger partial charge in [0.15, 0.2) is 5.82 Å². The molecule has 0 radical (unpaired) electrons. The fourth-order valence-corrected chi connectivity index (χ4v) is 1.74. The van der Waals surface area contributed by atoms with Crippen LogP contribution in [0.15, 0.2) is 30.6 Å². The highest BCUT2D eigenvalue weighted by molar-refractivity contribution is 6.33. The summed E-state index contributed by atoms with van der Waals surface area (Å²) in [5.74, 6) is -0.141. The molecule has 0 saturated carbocycles. The number of rotatable bonds is 3. The number of nitrogens with zero attached hydrogens (tertiary/aromatic N) is 2. The third kappa shape index (κ3) is 2.60. The van der Waals surface area contributed by atoms with E-state index in [4.69, 9.17) is 17.3 Å². The quantitative estimate of drug-likeness (QED) is 0.912. The van der Waals surface area contributed by atoms with Gasteiger partial charge >= 0.3 is 0 Å². The molecular weight excluding hydrogens is 241 g/mol. The van der Waals surface area contributed by atoms with Gasteiger partial charge in [0, 0.05) is 12.4 Å². The molecule has 0 aliphatic carbocycles. The summed E-state index contributed by atoms with van der Waals surface area (Å²) in [6, 6.07) is 4.49. The zero-order valence-electron chi connectivity index (χ0n) is 9.03. The number of hydrogen-bond donors (Lipinski definition) is 1. The Morgan fingerprint density at radius 3 is 2.53 bits per heavy atom. The van der Waals surface area contributed by atoms with Crippen LogP contribution in [0, 0.1) is 5.82 Å². The van der Waals surface area contributed by atoms with E-state index in [0.717, 1.165) is 5.56 Å². The molecule has 5 heteroatoms. The van der Waals surface area contributed by atoms with Crippen molar-refractivity contribution in [3.8, 4) is 11.4 Å². The molecule has 2 aromatic rings. The summed E-state index contributed by atoms with van der Waals surface area (Å²) >= 11 is 5.92. The molecule has 17 heavy (non-hydrogen) atoms. The van der Waals surface area contributed by atoms with Gasteiger partial charge in [0.2, 0.25) is 0 Å². The Labute approximate surface area is 103 Å². The molecule has 2 rings (SSSR count). The predicted octanol–water partition coefficient (Wildman–Crippen LogP) is 2.44. The van der Waals surface area contributed by atoms with E-state index in [9.17, 15) is 4.39 Å². The van der Waals surface area contributed by atoms with Crippen molar-refractivity contribution in [2.45, 2.75) is 6.42 Å². The van der Waals surface area contributed by atoms with Crippen LogP contribution in [0.2, 0.25) is 5.02 Å². The number of halogens is 2. The Hall–Kier alpha value is -1.52. The molecule has 0 unspecified atom stereocenters. The average molecular weight is 252 g/mol. The van der Waals surface area contributed by atoms with Crippen molar-refractivity contribution in [1.82, 2.24) is 9.97 Å². The van der Waals surface area contributed by atoms with Crippen LogP contribution in [-0.2, 0) is 6.42 Å². The van der Waals surface area contributed by atoms with Gasteiger partial charge in [0.05, 0.1) is 10.6 Å². The lowest BCUT2D eigenvalue weighted by atomic mass is 10.2. The van der Waals surface area contributed by atoms with Gasteiger partial charge in [0.25, 0.3) is 0 Å². The first-order valence-corrected chi connectivity index (χ1v) is 5.55. The molecule has 0 amide bonds. The van der Waals surface area contributed by atoms with Crippen LogP contribution in [0.3, 0.4) is 0 Å². The summed E-state index contributed by atoms with van der Waals surface area (Å²) < 4.78 is 13.6. The summed E-state index contributed by atoms with van der Waals surface area (Å²) in [6.45, 7) is 0.531. The second-order valence-corrected chi connectivity index (χ2v) is 3.96. The zero-order chi connectivity index (χ0) is 12.3. The van der Waals surface area contributed by atoms with Gasteiger partial charge in [-0.15, -0.1) is 0 Å². The van der Waals surface area contributed by atoms with Crippen LogP contribution in [0.4, 0.5) is 4.39 Å². The van der Waals surface area contributed by atoms with E-state index in [2.05, 4.69) is 9.97 Å². The van der Waals surface area contributed by atoms with E-state index in [1.807, 2.05) is 0 Å². The van der Waals surface area contributed by atoms with Crippen molar-refractivity contribution in [1.29, 1.82) is 0 Å². The van der Waals surface area contributed by atoms with E-state index < -0.39 is 5.82 Å². The first kappa shape index (κ1) is 12.0. The van der Waals surface area contributed by atoms with Gasteiger partial charge in [-0.05, 0) is 30.7 Å². The monoisotopic (exact) mass is 251 g/mol. The second-order valence-electron chi connectivity index (χ2n) is 3.55. The molecule has 0 aliphatic rings. The summed E-state index contributed by atoms with van der Waals surface area (Å²) in [6.07, 6.45) is 3.97. The van der Waals surface area contributed by atoms with E-state index in [1.54, 1.807) is 24.5 Å². The lowest BCUT2D eigenvalue weighted by Crippen LogP contribution is -2.04. The fourth-order valence-electron chi connectivity index (χ4n) is 1.49. The standard InChI is InChI=1S/C12H11ClFN3/c13-9-2-1-3-10(14)11(9)12-16-6-8(4-5-15)7-17-12/h1-3,6-7H,4-5,15H2. The van der Waals surface area contributed by atoms with E-state index in [1.165, 1.54) is 6.07 Å². The number of aromatic nitrogens is 2. The minimum absolute atomic E-state index is 0.230. The molecule has 0 fully saturated rings. The van der Waals surface area contributed by atoms with Crippen LogP contribution < -0.4 is 5.73 Å². The van der Waals surface area contributed by atoms with Gasteiger partial charge in [-0.1, -0.05) is 17.7 Å². The predicted molar refractivity (Wildman–Crippen MR) is 65.2 cm³/mol. The van der Waals surface area contributed by atoms with E-state index >= 15 is 0 Å². The molecule has 1 heterocycles. The molecular formula is C12H11ClFN3. The Balaban J connectivity index is 2.40. The van der Waals surface area contributed by atoms with Crippen molar-refractivity contribution in [3.05, 3.63) is 47.0 Å². The third-order valence-electron chi connectivity index (χ3n) is 2.32. The van der Waals surface area contributed by atoms with Crippen LogP contribution in [-0.4, -0.2) is 16.5 Å². The van der Waals surface area contributed by atoms with Crippen molar-refractivity contribution >= 4 is 11.6 Å². The van der Waals surface area contributed by atoms with Crippen LogP contribution in [0.1, 0.15) is 5.56 Å². The van der Waals surface area contributed by atoms with Crippen molar-refractivity contribution in [3.63, 3.8) is 0 Å². The van der Waals surface area contributed by atoms with Gasteiger partial charge in [-0.2, -0.15) is 0 Å². The van der Waals surface area contributed by atoms with Crippen LogP contribution in [0.25, 0.3) is 11.4 Å². The highest BCUT2D eigenvalue weighted by Crippen LogP contribution is 2.27. The minimum Gasteiger partial charge on any atom is -0.330 e. The van der Waals surface area contributed by atoms with Crippen LogP contribution in [0.5, 0.6) is 0 Å². The summed E-state index contributed by atoms with van der Waals surface area (Å²) in [7, 11) is 0. The largest absolute Gasteiger partial charge is 0.330 e. The van der Waals surface area contributed by atoms with Crippen LogP contribution >= 0.6 is 11.6 Å². The second kappa shape index (κ2) is 5.21. The van der Waals surface area contributed by atoms with E-state index in [0.29, 0.717) is 18.0 Å². The average Bonchev–Trinajstić information content (AvgIpc) is 2.31. The maximum absolute atomic E-state index is 13.6. The molecule has 1 aromatic heterocycles. The van der Waals surface area contributed by atoms with Crippen molar-refractivity contribution < 1.29 is 4.39 Å². The first-order valence-electron chi connectivity index (χ1n) is 5.17. The molecule has 0 saturated heterocycles. The maximum atomic E-state index is 13.6. The lowest BCUT2D eigenvalue weighted by Gasteiger charge is -2.05. The Morgan fingerprint density at radius 1 is 1.24 bits per heavy atom. The Morgan fingerprint density at radius 2 is 1.94 bits per heavy atom. The minimum atomic E-state index is -0.427. The highest BCUT2D eigenvalue weighted by Gasteiger charge is 2.11. The third-order valence-corrected chi connectivity index (χ3v) is 2.64. The number of hydrogen-bond acceptors (Lipinski definition) is 3. The van der Waals surface area contributed by atoms with Crippen molar-refractivity contribution in [2.75, 3.05) is 6.54 Å². The zero-order valence-corrected chi connectivity index (χ0v) is 9.78. The molecule has 1 aromatic carbocycles. The molecule has 0 spiro atoms. The smallest absolute Gasteiger partial charge is 0.163 e. The summed E-state index contributed by atoms with van der Waals surface area (Å²) in [4.78, 5) is 8.20. The van der Waals surface area contributed by atoms with Gasteiger partial charge < -0.3 is 5.73 Å². The fraction of sp³-hybridized carbons (Fsp3) is 0.167. The molecule has 88 valence electrons. The molecule has 0 aliphatic heterocycles. The normalized spacial score (nSPS) is 10.5. The Bertz CT molecular complexity index is 493. The first-order chi connectivity index (χ1) is 8.22. The molecule has 0 atom stereocenters. The number of nitrogens with two attached hydrogens (primary N) is 1. The SMILES string of the molecule is NCCc1cnc(-c2c(F)cccc2Cl)nc1. The lowest BCUT2D eigenvalue weighted by molar-refractivity contribution is 0.630. The maximum Gasteiger partial charge on any atom is 0.163 e. The summed E-state index contributed by atoms with van der Waals surface area (Å²) in [5, 5.41) is 0.302. The van der Waals surface area contributed by atoms with Gasteiger partial charge in [-0.3, -0.25) is 0 Å². The summed E-state index contributed by atoms with van der Waals surface area (Å²) in [5.41, 5.74) is 6.57. The Kier molecular flexibility index (Phi) is 3.66. The highest BCUT2D eigenvalue weighted by atomic mass is 35.5. The van der Waals surface area contributed by atoms with Gasteiger partial charge in [-0.25, -0.2) is 14.4 Å². The van der Waals surface area contributed by atoms with Crippen molar-refractivity contribution in [2.24, 2.45) is 5.73 Å². The van der Waals surface area contributed by atoms with E-state index in [-0.39, 0.29) is 11.4 Å². The van der Waals surface area contributed by atoms with Gasteiger partial charge in [0.1, 0.15) is 5.82 Å². The molecule has 0 bridgehead atoms. The molecule has 3 nitrogen and oxygen atoms in total. The topological polar surface area (TPSA) is 51.8 Å². The number of benzene rings is 1. The molecule has 2 N–H and O–H groups in total.